The zero-order valence-corrected chi connectivity index (χ0v) is 30.0. The van der Waals surface area contributed by atoms with Crippen molar-refractivity contribution < 1.29 is 23.9 Å². The minimum Gasteiger partial charge on any atom is -0.469 e. The van der Waals surface area contributed by atoms with Crippen molar-refractivity contribution in [2.75, 3.05) is 64.9 Å². The van der Waals surface area contributed by atoms with E-state index in [1.54, 1.807) is 0 Å². The van der Waals surface area contributed by atoms with Crippen molar-refractivity contribution in [2.24, 2.45) is 0 Å². The number of fused-ring (bicyclic) bond motifs is 1. The van der Waals surface area contributed by atoms with Crippen LogP contribution in [0.2, 0.25) is 0 Å². The zero-order valence-electron chi connectivity index (χ0n) is 29.0. The lowest BCUT2D eigenvalue weighted by Crippen LogP contribution is -2.51. The number of carbonyl (C=O) groups excluding carboxylic acids is 4. The van der Waals surface area contributed by atoms with Gasteiger partial charge in [0.05, 0.1) is 30.4 Å². The molecule has 2 fully saturated rings. The summed E-state index contributed by atoms with van der Waals surface area (Å²) in [6, 6.07) is 25.3. The van der Waals surface area contributed by atoms with Crippen molar-refractivity contribution in [1.82, 2.24) is 20.4 Å². The Kier molecular flexibility index (Phi) is 12.2. The van der Waals surface area contributed by atoms with Gasteiger partial charge in [-0.25, -0.2) is 0 Å². The lowest BCUT2D eigenvalue weighted by molar-refractivity contribution is -0.140. The van der Waals surface area contributed by atoms with Crippen molar-refractivity contribution >= 4 is 42.9 Å². The summed E-state index contributed by atoms with van der Waals surface area (Å²) in [7, 11) is 3.45. The fraction of sp³-hybridized carbons (Fsp3) is 0.436. The molecule has 0 saturated carbocycles. The number of nitrogens with zero attached hydrogens (tertiary/aromatic N) is 3. The molecular weight excluding hydrogens is 651 g/mol. The third kappa shape index (κ3) is 7.68. The summed E-state index contributed by atoms with van der Waals surface area (Å²) in [5.74, 6) is -0.959. The Hall–Kier alpha value is -4.35. The monoisotopic (exact) mass is 699 g/mol. The molecule has 2 saturated heterocycles. The summed E-state index contributed by atoms with van der Waals surface area (Å²) in [6.07, 6.45) is 2.40. The van der Waals surface area contributed by atoms with E-state index in [2.05, 4.69) is 27.5 Å². The zero-order chi connectivity index (χ0) is 34.4. The van der Waals surface area contributed by atoms with Gasteiger partial charge in [-0.05, 0) is 61.6 Å². The number of para-hydroxylation sites is 1. The lowest BCUT2D eigenvalue weighted by Gasteiger charge is -2.42. The van der Waals surface area contributed by atoms with Gasteiger partial charge in [0.25, 0.3) is 5.91 Å². The predicted molar refractivity (Wildman–Crippen MR) is 199 cm³/mol. The number of likely N-dealkylation sites (tertiary alicyclic amines) is 1. The summed E-state index contributed by atoms with van der Waals surface area (Å²) >= 11 is 0. The van der Waals surface area contributed by atoms with Crippen molar-refractivity contribution in [2.45, 2.75) is 49.5 Å². The van der Waals surface area contributed by atoms with Crippen LogP contribution in [0, 0.1) is 0 Å². The summed E-state index contributed by atoms with van der Waals surface area (Å²) in [5, 5.41) is 6.25. The Bertz CT molecular complexity index is 1660. The van der Waals surface area contributed by atoms with E-state index in [1.807, 2.05) is 83.8 Å². The van der Waals surface area contributed by atoms with E-state index < -0.39 is 5.41 Å². The van der Waals surface area contributed by atoms with Crippen LogP contribution in [0.25, 0.3) is 0 Å². The van der Waals surface area contributed by atoms with Gasteiger partial charge in [-0.3, -0.25) is 19.2 Å². The number of benzene rings is 3. The molecule has 3 aromatic carbocycles. The van der Waals surface area contributed by atoms with Crippen LogP contribution in [-0.4, -0.2) is 99.5 Å². The number of amides is 3. The minimum absolute atomic E-state index is 0. The number of carbonyl (C=O) groups is 4. The molecule has 3 aliphatic rings. The fourth-order valence-electron chi connectivity index (χ4n) is 7.73. The molecule has 0 unspecified atom stereocenters. The largest absolute Gasteiger partial charge is 0.469 e. The topological polar surface area (TPSA) is 111 Å². The first kappa shape index (κ1) is 36.9. The van der Waals surface area contributed by atoms with Crippen molar-refractivity contribution in [3.63, 3.8) is 0 Å². The van der Waals surface area contributed by atoms with Gasteiger partial charge >= 0.3 is 5.97 Å². The van der Waals surface area contributed by atoms with Crippen LogP contribution in [0.3, 0.4) is 0 Å². The number of piperazine rings is 1. The molecule has 0 bridgehead atoms. The summed E-state index contributed by atoms with van der Waals surface area (Å²) < 4.78 is 4.76. The maximum absolute atomic E-state index is 14.2. The third-order valence-electron chi connectivity index (χ3n) is 10.5. The Morgan fingerprint density at radius 3 is 2.20 bits per heavy atom. The summed E-state index contributed by atoms with van der Waals surface area (Å²) in [6.45, 7) is 4.98. The number of rotatable bonds is 9. The van der Waals surface area contributed by atoms with E-state index in [-0.39, 0.29) is 62.1 Å². The van der Waals surface area contributed by atoms with Gasteiger partial charge in [0.15, 0.2) is 0 Å². The average Bonchev–Trinajstić information content (AvgIpc) is 3.15. The van der Waals surface area contributed by atoms with Crippen LogP contribution in [-0.2, 0) is 24.5 Å². The Morgan fingerprint density at radius 2 is 1.48 bits per heavy atom. The molecule has 266 valence electrons. The van der Waals surface area contributed by atoms with Crippen molar-refractivity contribution in [3.05, 3.63) is 101 Å². The second-order valence-electron chi connectivity index (χ2n) is 13.4. The Morgan fingerprint density at radius 1 is 0.820 bits per heavy atom. The molecule has 1 aliphatic carbocycles. The molecule has 3 aromatic rings. The maximum Gasteiger partial charge on any atom is 0.307 e. The van der Waals surface area contributed by atoms with Crippen LogP contribution in [0.4, 0.5) is 5.69 Å². The molecule has 2 aliphatic heterocycles. The fourth-order valence-corrected chi connectivity index (χ4v) is 7.73. The van der Waals surface area contributed by atoms with E-state index in [0.29, 0.717) is 44.3 Å². The van der Waals surface area contributed by atoms with Crippen LogP contribution >= 0.6 is 13.5 Å². The summed E-state index contributed by atoms with van der Waals surface area (Å²) in [4.78, 5) is 60.1. The number of methoxy groups -OCH3 is 1. The predicted octanol–water partition coefficient (Wildman–Crippen LogP) is 3.82. The minimum atomic E-state index is -0.998. The first-order valence-corrected chi connectivity index (χ1v) is 17.4. The van der Waals surface area contributed by atoms with Gasteiger partial charge in [0.1, 0.15) is 0 Å². The highest BCUT2D eigenvalue weighted by Crippen LogP contribution is 2.48. The summed E-state index contributed by atoms with van der Waals surface area (Å²) in [5.41, 5.74) is 3.21. The molecule has 11 heteroatoms. The standard InChI is InChI=1S/C39H47N5O5.H2S/c1-42-24-26-43(27-25-42)34-15-9-7-13-32(34)36(46)41-29-18-22-44(23-19-29)37(47)31-16-20-39(28-10-4-3-5-11-28,33-14-8-6-12-30(31)33)38(48)40-21-17-35(45)49-2;/h3-15,29,31H,16-27H2,1-2H3,(H,40,48)(H,41,46);1H2/t31-,39+;/m0./s1. The molecule has 2 heterocycles. The van der Waals surface area contributed by atoms with E-state index in [4.69, 9.17) is 4.74 Å². The number of nitrogens with one attached hydrogen (secondary N) is 2. The molecule has 2 atom stereocenters. The molecule has 0 aromatic heterocycles. The van der Waals surface area contributed by atoms with Crippen molar-refractivity contribution in [1.29, 1.82) is 0 Å². The number of hydrogen-bond acceptors (Lipinski definition) is 7. The molecule has 3 amide bonds. The first-order valence-electron chi connectivity index (χ1n) is 17.4. The van der Waals surface area contributed by atoms with E-state index >= 15 is 0 Å². The van der Waals surface area contributed by atoms with Crippen LogP contribution in [0.15, 0.2) is 78.9 Å². The lowest BCUT2D eigenvalue weighted by atomic mass is 9.62. The number of ether oxygens (including phenoxy) is 1. The number of likely N-dealkylation sites (N-methyl/N-ethyl adjacent to an activating group) is 1. The quantitative estimate of drug-likeness (QED) is 0.327. The molecule has 2 N–H and O–H groups in total. The van der Waals surface area contributed by atoms with Gasteiger partial charge in [-0.1, -0.05) is 66.7 Å². The Labute approximate surface area is 302 Å². The van der Waals surface area contributed by atoms with Crippen LogP contribution in [0.1, 0.15) is 65.1 Å². The molecule has 0 spiro atoms. The molecule has 10 nitrogen and oxygen atoms in total. The van der Waals surface area contributed by atoms with Gasteiger partial charge in [-0.15, -0.1) is 0 Å². The third-order valence-corrected chi connectivity index (χ3v) is 10.5. The van der Waals surface area contributed by atoms with E-state index in [9.17, 15) is 19.2 Å². The van der Waals surface area contributed by atoms with Crippen LogP contribution < -0.4 is 15.5 Å². The molecule has 6 rings (SSSR count). The SMILES string of the molecule is COC(=O)CCNC(=O)[C@@]1(c2ccccc2)CC[C@H](C(=O)N2CCC(NC(=O)c3ccccc3N3CCN(C)CC3)CC2)c2ccccc21.S. The maximum atomic E-state index is 14.2. The first-order chi connectivity index (χ1) is 23.8. The van der Waals surface area contributed by atoms with Crippen molar-refractivity contribution in [3.8, 4) is 0 Å². The average molecular weight is 700 g/mol. The van der Waals surface area contributed by atoms with Gasteiger partial charge in [0, 0.05) is 57.5 Å². The van der Waals surface area contributed by atoms with E-state index in [1.165, 1.54) is 7.11 Å². The second kappa shape index (κ2) is 16.6. The Balaban J connectivity index is 0.00000486. The normalized spacial score (nSPS) is 21.0. The molecular formula is C39H49N5O5S. The number of piperidine rings is 1. The highest BCUT2D eigenvalue weighted by molar-refractivity contribution is 7.59. The number of anilines is 1. The van der Waals surface area contributed by atoms with Crippen LogP contribution in [0.5, 0.6) is 0 Å². The van der Waals surface area contributed by atoms with Gasteiger partial charge in [-0.2, -0.15) is 13.5 Å². The molecule has 50 heavy (non-hydrogen) atoms. The number of esters is 1. The highest BCUT2D eigenvalue weighted by atomic mass is 32.1. The molecule has 0 radical (unpaired) electrons. The number of hydrogen-bond donors (Lipinski definition) is 2. The smallest absolute Gasteiger partial charge is 0.307 e. The highest BCUT2D eigenvalue weighted by Gasteiger charge is 2.48. The van der Waals surface area contributed by atoms with E-state index in [0.717, 1.165) is 48.6 Å². The van der Waals surface area contributed by atoms with Gasteiger partial charge < -0.3 is 30.1 Å². The second-order valence-corrected chi connectivity index (χ2v) is 13.4. The van der Waals surface area contributed by atoms with Gasteiger partial charge in [0.2, 0.25) is 11.8 Å².